The highest BCUT2D eigenvalue weighted by Gasteiger charge is 1.74. The first-order valence-corrected chi connectivity index (χ1v) is 3.20. The van der Waals surface area contributed by atoms with E-state index in [9.17, 15) is 0 Å². The van der Waals surface area contributed by atoms with Gasteiger partial charge in [-0.3, -0.25) is 0 Å². The minimum atomic E-state index is 0. The zero-order chi connectivity index (χ0) is 7.82. The fraction of sp³-hybridized carbons (Fsp3) is 0.125. The van der Waals surface area contributed by atoms with Crippen LogP contribution in [0.25, 0.3) is 0 Å². The van der Waals surface area contributed by atoms with Gasteiger partial charge in [0.2, 0.25) is 0 Å². The van der Waals surface area contributed by atoms with E-state index in [-0.39, 0.29) is 6.15 Å². The van der Waals surface area contributed by atoms with E-state index in [1.807, 2.05) is 30.3 Å². The molecule has 1 aromatic carbocycles. The smallest absolute Gasteiger partial charge is 0.0587 e. The quantitative estimate of drug-likeness (QED) is 0.651. The molecule has 0 heterocycles. The van der Waals surface area contributed by atoms with Crippen LogP contribution in [-0.4, -0.2) is 0 Å². The molecule has 0 amide bonds. The number of nitriles is 1. The summed E-state index contributed by atoms with van der Waals surface area (Å²) in [6.07, 6.45) is 0. The minimum Gasteiger partial charge on any atom is -0.344 e. The van der Waals surface area contributed by atoms with Crippen molar-refractivity contribution in [2.75, 3.05) is 0 Å². The predicted molar refractivity (Wildman–Crippen MR) is 47.8 cm³/mol. The largest absolute Gasteiger partial charge is 0.344 e. The summed E-state index contributed by atoms with van der Waals surface area (Å²) in [5.41, 5.74) is 0. The first-order valence-electron chi connectivity index (χ1n) is 2.82. The summed E-state index contributed by atoms with van der Waals surface area (Å²) in [6, 6.07) is 11.2. The second-order valence-electron chi connectivity index (χ2n) is 1.52. The van der Waals surface area contributed by atoms with Gasteiger partial charge in [-0.2, -0.15) is 5.26 Å². The van der Waals surface area contributed by atoms with Gasteiger partial charge >= 0.3 is 0 Å². The molecule has 0 unspecified atom stereocenters. The maximum absolute atomic E-state index is 7.32. The van der Waals surface area contributed by atoms with Crippen LogP contribution in [-0.2, 0) is 0 Å². The Morgan fingerprint density at radius 1 is 1.27 bits per heavy atom. The Morgan fingerprint density at radius 2 is 1.64 bits per heavy atom. The SMILES string of the molecule is CC#N.Clc1ccccc1.N. The van der Waals surface area contributed by atoms with E-state index >= 15 is 0 Å². The van der Waals surface area contributed by atoms with Crippen molar-refractivity contribution in [2.45, 2.75) is 6.92 Å². The summed E-state index contributed by atoms with van der Waals surface area (Å²) in [4.78, 5) is 0. The van der Waals surface area contributed by atoms with Crippen LogP contribution < -0.4 is 6.15 Å². The maximum atomic E-state index is 7.32. The lowest BCUT2D eigenvalue weighted by Gasteiger charge is -1.80. The molecule has 0 aliphatic carbocycles. The highest BCUT2D eigenvalue weighted by molar-refractivity contribution is 6.30. The summed E-state index contributed by atoms with van der Waals surface area (Å²) < 4.78 is 0. The third-order valence-electron chi connectivity index (χ3n) is 0.733. The summed E-state index contributed by atoms with van der Waals surface area (Å²) in [5.74, 6) is 0. The fourth-order valence-electron chi connectivity index (χ4n) is 0.415. The summed E-state index contributed by atoms with van der Waals surface area (Å²) >= 11 is 5.54. The van der Waals surface area contributed by atoms with Gasteiger partial charge in [-0.1, -0.05) is 29.8 Å². The van der Waals surface area contributed by atoms with Gasteiger partial charge in [-0.25, -0.2) is 0 Å². The van der Waals surface area contributed by atoms with Crippen LogP contribution in [0.1, 0.15) is 6.92 Å². The molecule has 0 aliphatic heterocycles. The van der Waals surface area contributed by atoms with Gasteiger partial charge in [0.05, 0.1) is 6.07 Å². The topological polar surface area (TPSA) is 58.8 Å². The molecule has 3 N–H and O–H groups in total. The molecule has 0 bridgehead atoms. The average Bonchev–Trinajstić information content (AvgIpc) is 1.91. The second-order valence-corrected chi connectivity index (χ2v) is 1.96. The first-order chi connectivity index (χ1) is 4.81. The third-order valence-corrected chi connectivity index (χ3v) is 0.985. The van der Waals surface area contributed by atoms with Crippen LogP contribution in [0.5, 0.6) is 0 Å². The molecule has 0 aliphatic rings. The molecule has 0 fully saturated rings. The Kier molecular flexibility index (Phi) is 10.3. The zero-order valence-corrected chi connectivity index (χ0v) is 7.17. The average molecular weight is 171 g/mol. The molecule has 0 saturated carbocycles. The maximum Gasteiger partial charge on any atom is 0.0587 e. The van der Waals surface area contributed by atoms with E-state index in [4.69, 9.17) is 16.9 Å². The lowest BCUT2D eigenvalue weighted by molar-refractivity contribution is 1.49. The van der Waals surface area contributed by atoms with Gasteiger partial charge in [-0.05, 0) is 12.1 Å². The second kappa shape index (κ2) is 8.96. The molecule has 60 valence electrons. The van der Waals surface area contributed by atoms with E-state index in [2.05, 4.69) is 0 Å². The van der Waals surface area contributed by atoms with Crippen molar-refractivity contribution < 1.29 is 0 Å². The van der Waals surface area contributed by atoms with Gasteiger partial charge in [0.15, 0.2) is 0 Å². The molecule has 0 atom stereocenters. The summed E-state index contributed by atoms with van der Waals surface area (Å²) in [5, 5.41) is 8.11. The Balaban J connectivity index is 0. The van der Waals surface area contributed by atoms with E-state index in [0.717, 1.165) is 5.02 Å². The number of benzene rings is 1. The summed E-state index contributed by atoms with van der Waals surface area (Å²) in [6.45, 7) is 1.43. The van der Waals surface area contributed by atoms with E-state index in [0.29, 0.717) is 0 Å². The van der Waals surface area contributed by atoms with Gasteiger partial charge in [0.1, 0.15) is 0 Å². The molecule has 1 aromatic rings. The van der Waals surface area contributed by atoms with Gasteiger partial charge in [0.25, 0.3) is 0 Å². The number of hydrogen-bond acceptors (Lipinski definition) is 2. The summed E-state index contributed by atoms with van der Waals surface area (Å²) in [7, 11) is 0. The Bertz CT molecular complexity index is 203. The molecule has 11 heavy (non-hydrogen) atoms. The molecule has 3 heteroatoms. The standard InChI is InChI=1S/C6H5Cl.C2H3N.H3N/c7-6-4-2-1-3-5-6;1-2-3;/h1-5H;1H3;1H3. The van der Waals surface area contributed by atoms with Crippen molar-refractivity contribution in [3.8, 4) is 6.07 Å². The first kappa shape index (κ1) is 12.6. The van der Waals surface area contributed by atoms with Crippen LogP contribution in [0.15, 0.2) is 30.3 Å². The zero-order valence-electron chi connectivity index (χ0n) is 6.42. The van der Waals surface area contributed by atoms with E-state index < -0.39 is 0 Å². The molecule has 2 nitrogen and oxygen atoms in total. The lowest BCUT2D eigenvalue weighted by atomic mass is 10.4. The van der Waals surface area contributed by atoms with E-state index in [1.54, 1.807) is 6.07 Å². The van der Waals surface area contributed by atoms with Gasteiger partial charge in [0, 0.05) is 11.9 Å². The van der Waals surface area contributed by atoms with Crippen LogP contribution in [0.4, 0.5) is 0 Å². The van der Waals surface area contributed by atoms with Gasteiger partial charge in [-0.15, -0.1) is 0 Å². The fourth-order valence-corrected chi connectivity index (χ4v) is 0.560. The predicted octanol–water partition coefficient (Wildman–Crippen LogP) is 3.03. The Morgan fingerprint density at radius 3 is 1.82 bits per heavy atom. The normalized spacial score (nSPS) is 6.27. The highest BCUT2D eigenvalue weighted by atomic mass is 35.5. The molecule has 0 spiro atoms. The molecule has 0 radical (unpaired) electrons. The van der Waals surface area contributed by atoms with Crippen molar-refractivity contribution in [1.29, 1.82) is 5.26 Å². The molecular weight excluding hydrogens is 160 g/mol. The number of rotatable bonds is 0. The Labute approximate surface area is 72.0 Å². The molecule has 0 aromatic heterocycles. The lowest BCUT2D eigenvalue weighted by Crippen LogP contribution is -1.55. The highest BCUT2D eigenvalue weighted by Crippen LogP contribution is 2.03. The monoisotopic (exact) mass is 170 g/mol. The van der Waals surface area contributed by atoms with Crippen LogP contribution in [0.2, 0.25) is 5.02 Å². The number of hydrogen-bond donors (Lipinski definition) is 1. The van der Waals surface area contributed by atoms with Crippen LogP contribution in [0.3, 0.4) is 0 Å². The van der Waals surface area contributed by atoms with Crippen molar-refractivity contribution in [1.82, 2.24) is 6.15 Å². The number of halogens is 1. The number of nitrogens with zero attached hydrogens (tertiary/aromatic N) is 1. The third kappa shape index (κ3) is 8.96. The molecule has 0 saturated heterocycles. The van der Waals surface area contributed by atoms with Crippen molar-refractivity contribution in [3.05, 3.63) is 35.4 Å². The van der Waals surface area contributed by atoms with Crippen LogP contribution >= 0.6 is 11.6 Å². The minimum absolute atomic E-state index is 0. The molecular formula is C8H11ClN2. The van der Waals surface area contributed by atoms with Crippen molar-refractivity contribution in [2.24, 2.45) is 0 Å². The van der Waals surface area contributed by atoms with Crippen LogP contribution in [0, 0.1) is 11.3 Å². The van der Waals surface area contributed by atoms with E-state index in [1.165, 1.54) is 6.92 Å². The van der Waals surface area contributed by atoms with Crippen molar-refractivity contribution >= 4 is 11.6 Å². The van der Waals surface area contributed by atoms with Gasteiger partial charge < -0.3 is 6.15 Å². The molecule has 1 rings (SSSR count). The van der Waals surface area contributed by atoms with Crippen molar-refractivity contribution in [3.63, 3.8) is 0 Å². The Hall–Kier alpha value is -1.04.